The molecule has 12 nitrogen and oxygen atoms in total. The number of ether oxygens (including phenoxy) is 3. The van der Waals surface area contributed by atoms with Crippen molar-refractivity contribution >= 4 is 40.0 Å². The lowest BCUT2D eigenvalue weighted by atomic mass is 9.74. The largest absolute Gasteiger partial charge is 0.507 e. The first kappa shape index (κ1) is 24.8. The van der Waals surface area contributed by atoms with E-state index in [9.17, 15) is 34.8 Å². The molecule has 4 rings (SSSR count). The van der Waals surface area contributed by atoms with E-state index >= 15 is 0 Å². The van der Waals surface area contributed by atoms with Crippen molar-refractivity contribution in [3.63, 3.8) is 0 Å². The van der Waals surface area contributed by atoms with E-state index in [0.29, 0.717) is 0 Å². The average Bonchev–Trinajstić information content (AvgIpc) is 3.12. The number of fused-ring (bicyclic) bond motifs is 3. The number of esters is 3. The topological polar surface area (TPSA) is 198 Å². The van der Waals surface area contributed by atoms with Crippen LogP contribution < -0.4 is 5.84 Å². The van der Waals surface area contributed by atoms with Gasteiger partial charge in [0.15, 0.2) is 17.8 Å². The maximum Gasteiger partial charge on any atom is 0.303 e. The number of nitrogens with two attached hydrogens (primary N) is 1. The van der Waals surface area contributed by atoms with Gasteiger partial charge in [0.2, 0.25) is 0 Å². The lowest BCUT2D eigenvalue weighted by Crippen LogP contribution is -2.63. The third kappa shape index (κ3) is 3.40. The second-order valence-corrected chi connectivity index (χ2v) is 8.69. The monoisotopic (exact) mass is 500 g/mol. The fourth-order valence-corrected chi connectivity index (χ4v) is 5.10. The minimum absolute atomic E-state index is 0.0324. The SMILES string of the molecule is CC(=O)O[C@@H]1C2=C(c3c(c(O)c4c(O)cccc4c3O)C2=NN)[C@H](O)[C@@H](OC(C)=O)[C@]1(C)OC(C)=O. The normalized spacial score (nSPS) is 25.9. The van der Waals surface area contributed by atoms with Crippen molar-refractivity contribution in [2.45, 2.75) is 51.6 Å². The van der Waals surface area contributed by atoms with Gasteiger partial charge in [0.1, 0.15) is 29.1 Å². The van der Waals surface area contributed by atoms with Crippen molar-refractivity contribution in [3.05, 3.63) is 34.9 Å². The minimum atomic E-state index is -1.98. The summed E-state index contributed by atoms with van der Waals surface area (Å²) >= 11 is 0. The Labute approximate surface area is 204 Å². The summed E-state index contributed by atoms with van der Waals surface area (Å²) in [7, 11) is 0. The Morgan fingerprint density at radius 2 is 1.58 bits per heavy atom. The van der Waals surface area contributed by atoms with Gasteiger partial charge in [0, 0.05) is 42.9 Å². The van der Waals surface area contributed by atoms with Gasteiger partial charge >= 0.3 is 17.9 Å². The van der Waals surface area contributed by atoms with E-state index in [-0.39, 0.29) is 44.5 Å². The summed E-state index contributed by atoms with van der Waals surface area (Å²) in [5.74, 6) is 1.83. The smallest absolute Gasteiger partial charge is 0.303 e. The van der Waals surface area contributed by atoms with Crippen LogP contribution in [0.3, 0.4) is 0 Å². The Kier molecular flexibility index (Phi) is 5.79. The van der Waals surface area contributed by atoms with Gasteiger partial charge < -0.3 is 40.5 Å². The molecule has 2 aliphatic rings. The van der Waals surface area contributed by atoms with Crippen LogP contribution in [0.4, 0.5) is 0 Å². The molecule has 0 bridgehead atoms. The van der Waals surface area contributed by atoms with Gasteiger partial charge in [-0.1, -0.05) is 12.1 Å². The number of hydrogen-bond donors (Lipinski definition) is 5. The van der Waals surface area contributed by atoms with Crippen LogP contribution >= 0.6 is 0 Å². The first-order valence-corrected chi connectivity index (χ1v) is 10.8. The molecular weight excluding hydrogens is 476 g/mol. The Hall–Kier alpha value is -4.32. The lowest BCUT2D eigenvalue weighted by molar-refractivity contribution is -0.214. The molecule has 0 saturated carbocycles. The van der Waals surface area contributed by atoms with Crippen LogP contribution in [0.15, 0.2) is 28.9 Å². The van der Waals surface area contributed by atoms with Crippen molar-refractivity contribution in [1.29, 1.82) is 0 Å². The molecular formula is C24H24N2O10. The molecule has 0 saturated heterocycles. The van der Waals surface area contributed by atoms with Crippen LogP contribution in [0.5, 0.6) is 17.2 Å². The number of rotatable bonds is 3. The van der Waals surface area contributed by atoms with E-state index < -0.39 is 53.3 Å². The van der Waals surface area contributed by atoms with E-state index in [1.165, 1.54) is 25.1 Å². The predicted molar refractivity (Wildman–Crippen MR) is 124 cm³/mol. The highest BCUT2D eigenvalue weighted by Crippen LogP contribution is 2.56. The summed E-state index contributed by atoms with van der Waals surface area (Å²) < 4.78 is 16.4. The van der Waals surface area contributed by atoms with Crippen LogP contribution in [-0.4, -0.2) is 68.0 Å². The number of phenolic OH excluding ortho intramolecular Hbond substituents is 3. The van der Waals surface area contributed by atoms with Crippen LogP contribution in [0.25, 0.3) is 16.3 Å². The molecule has 2 aromatic rings. The molecule has 0 fully saturated rings. The van der Waals surface area contributed by atoms with Crippen molar-refractivity contribution in [1.82, 2.24) is 0 Å². The molecule has 0 amide bonds. The molecule has 0 aliphatic heterocycles. The van der Waals surface area contributed by atoms with Gasteiger partial charge in [-0.3, -0.25) is 14.4 Å². The Balaban J connectivity index is 2.14. The van der Waals surface area contributed by atoms with Gasteiger partial charge in [0.25, 0.3) is 0 Å². The van der Waals surface area contributed by atoms with Crippen LogP contribution in [0, 0.1) is 0 Å². The average molecular weight is 500 g/mol. The molecule has 2 aliphatic carbocycles. The minimum Gasteiger partial charge on any atom is -0.507 e. The standard InChI is InChI=1S/C24H24N2O10/c1-8(27)34-22-17-15(21(33)23(35-9(2)28)24(22,4)36-10(3)29)14-16(18(17)26-25)20(32)13-11(19(14)31)6-5-7-12(13)30/h5-7,21-23,30-33H,25H2,1-4H3/t21-,22+,23+,24+/m0/s1. The van der Waals surface area contributed by atoms with Crippen molar-refractivity contribution in [2.24, 2.45) is 10.9 Å². The number of aliphatic hydroxyl groups is 1. The molecule has 0 radical (unpaired) electrons. The molecule has 2 aromatic carbocycles. The number of carbonyl (C=O) groups is 3. The highest BCUT2D eigenvalue weighted by Gasteiger charge is 2.62. The van der Waals surface area contributed by atoms with Gasteiger partial charge in [0.05, 0.1) is 10.9 Å². The predicted octanol–water partition coefficient (Wildman–Crippen LogP) is 0.946. The zero-order valence-electron chi connectivity index (χ0n) is 19.7. The van der Waals surface area contributed by atoms with Crippen LogP contribution in [0.2, 0.25) is 0 Å². The fourth-order valence-electron chi connectivity index (χ4n) is 5.10. The fraction of sp³-hybridized carbons (Fsp3) is 0.333. The van der Waals surface area contributed by atoms with Crippen molar-refractivity contribution < 1.29 is 49.0 Å². The molecule has 0 unspecified atom stereocenters. The van der Waals surface area contributed by atoms with Crippen LogP contribution in [-0.2, 0) is 28.6 Å². The molecule has 36 heavy (non-hydrogen) atoms. The zero-order valence-corrected chi connectivity index (χ0v) is 19.7. The summed E-state index contributed by atoms with van der Waals surface area (Å²) in [6.07, 6.45) is -4.93. The molecule has 190 valence electrons. The molecule has 12 heteroatoms. The summed E-state index contributed by atoms with van der Waals surface area (Å²) in [6.45, 7) is 4.52. The van der Waals surface area contributed by atoms with E-state index in [4.69, 9.17) is 20.1 Å². The number of aromatic hydroxyl groups is 3. The first-order valence-electron chi connectivity index (χ1n) is 10.8. The van der Waals surface area contributed by atoms with Crippen LogP contribution in [0.1, 0.15) is 38.8 Å². The Morgan fingerprint density at radius 1 is 0.944 bits per heavy atom. The Bertz CT molecular complexity index is 1400. The van der Waals surface area contributed by atoms with E-state index in [0.717, 1.165) is 20.8 Å². The summed E-state index contributed by atoms with van der Waals surface area (Å²) in [4.78, 5) is 36.2. The maximum absolute atomic E-state index is 12.2. The molecule has 0 aromatic heterocycles. The maximum atomic E-state index is 12.2. The number of nitrogens with zero attached hydrogens (tertiary/aromatic N) is 1. The third-order valence-corrected chi connectivity index (χ3v) is 6.31. The first-order chi connectivity index (χ1) is 16.8. The zero-order chi connectivity index (χ0) is 26.7. The quantitative estimate of drug-likeness (QED) is 0.132. The number of hydrogen-bond acceptors (Lipinski definition) is 12. The van der Waals surface area contributed by atoms with Crippen molar-refractivity contribution in [2.75, 3.05) is 0 Å². The highest BCUT2D eigenvalue weighted by molar-refractivity contribution is 6.29. The third-order valence-electron chi connectivity index (χ3n) is 6.31. The summed E-state index contributed by atoms with van der Waals surface area (Å²) in [5, 5.41) is 47.9. The molecule has 0 spiro atoms. The summed E-state index contributed by atoms with van der Waals surface area (Å²) in [5.41, 5.74) is -2.68. The van der Waals surface area contributed by atoms with E-state index in [2.05, 4.69) is 5.10 Å². The number of carbonyl (C=O) groups excluding carboxylic acids is 3. The number of aliphatic hydroxyl groups excluding tert-OH is 1. The number of hydrazone groups is 1. The molecule has 6 N–H and O–H groups in total. The van der Waals surface area contributed by atoms with Gasteiger partial charge in [-0.2, -0.15) is 5.10 Å². The van der Waals surface area contributed by atoms with E-state index in [1.54, 1.807) is 0 Å². The highest BCUT2D eigenvalue weighted by atomic mass is 16.6. The number of phenols is 3. The Morgan fingerprint density at radius 3 is 2.14 bits per heavy atom. The van der Waals surface area contributed by atoms with E-state index in [1.807, 2.05) is 0 Å². The molecule has 4 atom stereocenters. The molecule has 0 heterocycles. The summed E-state index contributed by atoms with van der Waals surface area (Å²) in [6, 6.07) is 4.15. The second-order valence-electron chi connectivity index (χ2n) is 8.69. The van der Waals surface area contributed by atoms with Gasteiger partial charge in [-0.25, -0.2) is 0 Å². The second kappa shape index (κ2) is 8.41. The lowest BCUT2D eigenvalue weighted by Gasteiger charge is -2.46. The van der Waals surface area contributed by atoms with Gasteiger partial charge in [-0.05, 0) is 13.0 Å². The van der Waals surface area contributed by atoms with Crippen molar-refractivity contribution in [3.8, 4) is 17.2 Å². The number of benzene rings is 2. The van der Waals surface area contributed by atoms with Gasteiger partial charge in [-0.15, -0.1) is 0 Å².